The highest BCUT2D eigenvalue weighted by atomic mass is 35.5. The van der Waals surface area contributed by atoms with Crippen molar-refractivity contribution in [1.29, 1.82) is 5.26 Å². The summed E-state index contributed by atoms with van der Waals surface area (Å²) in [6.45, 7) is 4.65. The van der Waals surface area contributed by atoms with Gasteiger partial charge in [-0.25, -0.2) is 4.79 Å². The number of fused-ring (bicyclic) bond motifs is 2. The maximum absolute atomic E-state index is 11.6. The number of aromatic nitrogens is 1. The number of nitriles is 1. The molecule has 1 aliphatic rings. The smallest absolute Gasteiger partial charge is 0.406 e. The van der Waals surface area contributed by atoms with Crippen molar-refractivity contribution < 1.29 is 4.42 Å². The van der Waals surface area contributed by atoms with E-state index in [4.69, 9.17) is 21.3 Å². The number of aromatic amines is 1. The van der Waals surface area contributed by atoms with Crippen LogP contribution in [0.4, 0.5) is 5.69 Å². The van der Waals surface area contributed by atoms with Crippen molar-refractivity contribution in [3.63, 3.8) is 0 Å². The van der Waals surface area contributed by atoms with E-state index in [-0.39, 0.29) is 0 Å². The number of nitrogens with zero attached hydrogens (tertiary/aromatic N) is 3. The number of halogens is 1. The molecule has 0 bridgehead atoms. The second-order valence-electron chi connectivity index (χ2n) is 7.83. The van der Waals surface area contributed by atoms with Crippen LogP contribution in [-0.2, 0) is 6.42 Å². The molecule has 0 amide bonds. The number of nitrogens with one attached hydrogen (secondary N) is 1. The topological polar surface area (TPSA) is 76.3 Å². The summed E-state index contributed by atoms with van der Waals surface area (Å²) < 4.78 is 6.59. The second-order valence-corrected chi connectivity index (χ2v) is 9.18. The first-order valence-electron chi connectivity index (χ1n) is 10.3. The Bertz CT molecular complexity index is 1340. The van der Waals surface area contributed by atoms with Crippen LogP contribution in [0.3, 0.4) is 0 Å². The van der Waals surface area contributed by atoms with Crippen molar-refractivity contribution in [2.75, 3.05) is 37.6 Å². The zero-order valence-electron chi connectivity index (χ0n) is 16.9. The molecule has 0 atom stereocenters. The summed E-state index contributed by atoms with van der Waals surface area (Å²) in [6.07, 6.45) is 2.09. The maximum atomic E-state index is 11.6. The molecule has 0 unspecified atom stereocenters. The number of piperazine rings is 1. The molecule has 2 aromatic carbocycles. The van der Waals surface area contributed by atoms with Crippen LogP contribution in [-0.4, -0.2) is 42.6 Å². The third-order valence-corrected chi connectivity index (χ3v) is 7.11. The Kier molecular flexibility index (Phi) is 5.45. The molecule has 3 heterocycles. The summed E-state index contributed by atoms with van der Waals surface area (Å²) in [5.41, 5.74) is 4.14. The van der Waals surface area contributed by atoms with Gasteiger partial charge in [0.15, 0.2) is 5.58 Å². The maximum Gasteiger partial charge on any atom is 0.417 e. The van der Waals surface area contributed by atoms with Gasteiger partial charge in [0.05, 0.1) is 22.8 Å². The molecule has 0 radical (unpaired) electrons. The van der Waals surface area contributed by atoms with Crippen LogP contribution in [0.5, 0.6) is 0 Å². The minimum atomic E-state index is -0.458. The molecule has 5 rings (SSSR count). The number of hydrogen-bond acceptors (Lipinski definition) is 6. The summed E-state index contributed by atoms with van der Waals surface area (Å²) in [5, 5.41) is 13.2. The Morgan fingerprint density at radius 2 is 2.03 bits per heavy atom. The Morgan fingerprint density at radius 3 is 2.84 bits per heavy atom. The van der Waals surface area contributed by atoms with Crippen molar-refractivity contribution in [1.82, 2.24) is 9.88 Å². The monoisotopic (exact) mass is 452 g/mol. The lowest BCUT2D eigenvalue weighted by Crippen LogP contribution is -2.46. The molecule has 1 N–H and O–H groups in total. The van der Waals surface area contributed by atoms with E-state index in [0.717, 1.165) is 56.8 Å². The molecular formula is C23H21ClN4O2S. The van der Waals surface area contributed by atoms with Crippen molar-refractivity contribution in [2.24, 2.45) is 0 Å². The third-order valence-electron chi connectivity index (χ3n) is 5.88. The van der Waals surface area contributed by atoms with Crippen LogP contribution in [0.25, 0.3) is 21.2 Å². The van der Waals surface area contributed by atoms with Gasteiger partial charge in [0.25, 0.3) is 0 Å². The van der Waals surface area contributed by atoms with Gasteiger partial charge in [-0.05, 0) is 66.0 Å². The van der Waals surface area contributed by atoms with E-state index >= 15 is 0 Å². The average Bonchev–Trinajstić information content (AvgIpc) is 3.35. The molecule has 0 aliphatic carbocycles. The summed E-state index contributed by atoms with van der Waals surface area (Å²) in [4.78, 5) is 19.0. The predicted molar refractivity (Wildman–Crippen MR) is 125 cm³/mol. The SMILES string of the molecule is N#Cc1ccc2scc(CCCN3CCN(c4cc(Cl)cc5[nH]c(=O)oc45)CC3)c2c1. The van der Waals surface area contributed by atoms with Crippen molar-refractivity contribution in [3.05, 3.63) is 62.4 Å². The Labute approximate surface area is 188 Å². The third kappa shape index (κ3) is 4.07. The first-order chi connectivity index (χ1) is 15.1. The first kappa shape index (κ1) is 20.1. The van der Waals surface area contributed by atoms with Crippen LogP contribution in [0.2, 0.25) is 5.02 Å². The molecule has 158 valence electrons. The van der Waals surface area contributed by atoms with Crippen LogP contribution < -0.4 is 10.7 Å². The summed E-state index contributed by atoms with van der Waals surface area (Å²) >= 11 is 7.99. The number of hydrogen-bond donors (Lipinski definition) is 1. The normalized spacial score (nSPS) is 15.0. The van der Waals surface area contributed by atoms with Crippen LogP contribution >= 0.6 is 22.9 Å². The molecule has 1 saturated heterocycles. The van der Waals surface area contributed by atoms with Crippen molar-refractivity contribution in [2.45, 2.75) is 12.8 Å². The van der Waals surface area contributed by atoms with Gasteiger partial charge in [0, 0.05) is 35.9 Å². The fraction of sp³-hybridized carbons (Fsp3) is 0.304. The largest absolute Gasteiger partial charge is 0.417 e. The molecule has 0 saturated carbocycles. The van der Waals surface area contributed by atoms with Gasteiger partial charge in [-0.3, -0.25) is 9.88 Å². The minimum absolute atomic E-state index is 0.458. The van der Waals surface area contributed by atoms with E-state index in [0.29, 0.717) is 16.1 Å². The van der Waals surface area contributed by atoms with E-state index in [2.05, 4.69) is 26.2 Å². The van der Waals surface area contributed by atoms with Gasteiger partial charge < -0.3 is 9.32 Å². The van der Waals surface area contributed by atoms with E-state index in [1.54, 1.807) is 17.4 Å². The van der Waals surface area contributed by atoms with E-state index in [1.165, 1.54) is 15.6 Å². The molecule has 1 aliphatic heterocycles. The van der Waals surface area contributed by atoms with Gasteiger partial charge in [0.2, 0.25) is 0 Å². The minimum Gasteiger partial charge on any atom is -0.406 e. The number of rotatable bonds is 5. The number of anilines is 1. The lowest BCUT2D eigenvalue weighted by Gasteiger charge is -2.36. The number of benzene rings is 2. The predicted octanol–water partition coefficient (Wildman–Crippen LogP) is 4.62. The molecule has 0 spiro atoms. The highest BCUT2D eigenvalue weighted by molar-refractivity contribution is 7.17. The second kappa shape index (κ2) is 8.39. The fourth-order valence-corrected chi connectivity index (χ4v) is 5.48. The number of H-pyrrole nitrogens is 1. The first-order valence-corrected chi connectivity index (χ1v) is 11.6. The lowest BCUT2D eigenvalue weighted by molar-refractivity contribution is 0.255. The number of aryl methyl sites for hydroxylation is 1. The Hall–Kier alpha value is -2.79. The molecule has 2 aromatic heterocycles. The van der Waals surface area contributed by atoms with Crippen molar-refractivity contribution >= 4 is 49.8 Å². The summed E-state index contributed by atoms with van der Waals surface area (Å²) in [5.74, 6) is -0.458. The lowest BCUT2D eigenvalue weighted by atomic mass is 10.1. The zero-order chi connectivity index (χ0) is 21.4. The van der Waals surface area contributed by atoms with Gasteiger partial charge in [-0.15, -0.1) is 11.3 Å². The summed E-state index contributed by atoms with van der Waals surface area (Å²) in [6, 6.07) is 11.8. The van der Waals surface area contributed by atoms with Gasteiger partial charge in [0.1, 0.15) is 0 Å². The van der Waals surface area contributed by atoms with Gasteiger partial charge >= 0.3 is 5.76 Å². The fourth-order valence-electron chi connectivity index (χ4n) is 4.29. The summed E-state index contributed by atoms with van der Waals surface area (Å²) in [7, 11) is 0. The average molecular weight is 453 g/mol. The molecule has 8 heteroatoms. The number of thiophene rings is 1. The Balaban J connectivity index is 1.20. The molecule has 31 heavy (non-hydrogen) atoms. The van der Waals surface area contributed by atoms with E-state index in [1.807, 2.05) is 24.3 Å². The molecule has 4 aromatic rings. The molecule has 1 fully saturated rings. The zero-order valence-corrected chi connectivity index (χ0v) is 18.4. The van der Waals surface area contributed by atoms with Crippen LogP contribution in [0.1, 0.15) is 17.5 Å². The standard InChI is InChI=1S/C23H21ClN4O2S/c24-17-11-19-22(30-23(29)26-19)20(12-17)28-8-6-27(7-9-28)5-1-2-16-14-31-21-4-3-15(13-25)10-18(16)21/h3-4,10-12,14H,1-2,5-9H2,(H,26,29). The van der Waals surface area contributed by atoms with Crippen LogP contribution in [0.15, 0.2) is 44.9 Å². The highest BCUT2D eigenvalue weighted by Gasteiger charge is 2.21. The van der Waals surface area contributed by atoms with E-state index in [9.17, 15) is 4.79 Å². The van der Waals surface area contributed by atoms with Gasteiger partial charge in [-0.1, -0.05) is 11.6 Å². The quantitative estimate of drug-likeness (QED) is 0.478. The highest BCUT2D eigenvalue weighted by Crippen LogP contribution is 2.30. The molecule has 6 nitrogen and oxygen atoms in total. The van der Waals surface area contributed by atoms with Gasteiger partial charge in [-0.2, -0.15) is 5.26 Å². The van der Waals surface area contributed by atoms with Crippen LogP contribution in [0, 0.1) is 11.3 Å². The van der Waals surface area contributed by atoms with Crippen molar-refractivity contribution in [3.8, 4) is 6.07 Å². The number of oxazole rings is 1. The molecular weight excluding hydrogens is 432 g/mol. The van der Waals surface area contributed by atoms with E-state index < -0.39 is 5.76 Å². The Morgan fingerprint density at radius 1 is 1.19 bits per heavy atom.